The van der Waals surface area contributed by atoms with E-state index in [4.69, 9.17) is 0 Å². The first-order chi connectivity index (χ1) is 10.6. The third-order valence-corrected chi connectivity index (χ3v) is 5.11. The van der Waals surface area contributed by atoms with Crippen molar-refractivity contribution in [1.82, 2.24) is 9.80 Å². The number of piperidine rings is 1. The molecule has 22 heavy (non-hydrogen) atoms. The van der Waals surface area contributed by atoms with E-state index in [1.807, 2.05) is 28.0 Å². The van der Waals surface area contributed by atoms with Crippen molar-refractivity contribution < 1.29 is 9.59 Å². The minimum atomic E-state index is 0.162. The number of fused-ring (bicyclic) bond motifs is 1. The van der Waals surface area contributed by atoms with E-state index in [1.165, 1.54) is 5.56 Å². The van der Waals surface area contributed by atoms with Crippen molar-refractivity contribution in [3.05, 3.63) is 35.9 Å². The molecule has 0 bridgehead atoms. The zero-order valence-corrected chi connectivity index (χ0v) is 13.2. The number of carbonyl (C=O) groups is 2. The summed E-state index contributed by atoms with van der Waals surface area (Å²) >= 11 is 0. The van der Waals surface area contributed by atoms with E-state index in [1.54, 1.807) is 6.92 Å². The van der Waals surface area contributed by atoms with Crippen LogP contribution < -0.4 is 0 Å². The maximum absolute atomic E-state index is 12.5. The number of hydrogen-bond acceptors (Lipinski definition) is 2. The zero-order valence-electron chi connectivity index (χ0n) is 13.2. The molecule has 2 amide bonds. The lowest BCUT2D eigenvalue weighted by Gasteiger charge is -2.36. The molecule has 1 aromatic rings. The molecule has 0 saturated carbocycles. The van der Waals surface area contributed by atoms with Gasteiger partial charge in [0.25, 0.3) is 0 Å². The Labute approximate surface area is 132 Å². The predicted octanol–water partition coefficient (Wildman–Crippen LogP) is 2.29. The van der Waals surface area contributed by atoms with Gasteiger partial charge in [0.05, 0.1) is 0 Å². The molecule has 2 fully saturated rings. The van der Waals surface area contributed by atoms with E-state index in [0.717, 1.165) is 32.5 Å². The molecule has 2 aliphatic heterocycles. The Kier molecular flexibility index (Phi) is 4.46. The fourth-order valence-electron chi connectivity index (χ4n) is 3.73. The van der Waals surface area contributed by atoms with Gasteiger partial charge in [-0.3, -0.25) is 9.59 Å². The minimum Gasteiger partial charge on any atom is -0.343 e. The van der Waals surface area contributed by atoms with E-state index in [0.29, 0.717) is 24.8 Å². The molecule has 0 aromatic heterocycles. The summed E-state index contributed by atoms with van der Waals surface area (Å²) < 4.78 is 0. The Bertz CT molecular complexity index is 543. The number of hydrogen-bond donors (Lipinski definition) is 0. The molecule has 3 rings (SSSR count). The summed E-state index contributed by atoms with van der Waals surface area (Å²) in [6.45, 7) is 4.79. The Hall–Kier alpha value is -1.84. The first kappa shape index (κ1) is 15.1. The molecule has 0 unspecified atom stereocenters. The summed E-state index contributed by atoms with van der Waals surface area (Å²) in [5.74, 6) is 1.36. The van der Waals surface area contributed by atoms with Crippen LogP contribution in [0.15, 0.2) is 30.3 Å². The standard InChI is InChI=1S/C18H24N2O2/c1-14(21)19-9-7-16-11-18(22)20(10-8-17(16)13-19)12-15-5-3-2-4-6-15/h2-6,16-17H,7-13H2,1H3/t16-,17+/m1/s1. The molecule has 118 valence electrons. The minimum absolute atomic E-state index is 0.162. The highest BCUT2D eigenvalue weighted by Crippen LogP contribution is 2.32. The SMILES string of the molecule is CC(=O)N1CC[C@@H]2CC(=O)N(Cc3ccccc3)CC[C@H]2C1. The van der Waals surface area contributed by atoms with Crippen LogP contribution in [-0.4, -0.2) is 41.2 Å². The molecule has 2 saturated heterocycles. The fraction of sp³-hybridized carbons (Fsp3) is 0.556. The van der Waals surface area contributed by atoms with Gasteiger partial charge >= 0.3 is 0 Å². The predicted molar refractivity (Wildman–Crippen MR) is 84.9 cm³/mol. The van der Waals surface area contributed by atoms with Gasteiger partial charge in [-0.25, -0.2) is 0 Å². The maximum Gasteiger partial charge on any atom is 0.223 e. The molecular weight excluding hydrogens is 276 g/mol. The largest absolute Gasteiger partial charge is 0.343 e. The van der Waals surface area contributed by atoms with E-state index in [9.17, 15) is 9.59 Å². The van der Waals surface area contributed by atoms with Crippen molar-refractivity contribution in [1.29, 1.82) is 0 Å². The monoisotopic (exact) mass is 300 g/mol. The second kappa shape index (κ2) is 6.51. The number of rotatable bonds is 2. The number of benzene rings is 1. The van der Waals surface area contributed by atoms with Gasteiger partial charge in [-0.15, -0.1) is 0 Å². The van der Waals surface area contributed by atoms with Crippen LogP contribution in [0.1, 0.15) is 31.7 Å². The average molecular weight is 300 g/mol. The van der Waals surface area contributed by atoms with Crippen LogP contribution in [0.5, 0.6) is 0 Å². The molecule has 0 aliphatic carbocycles. The Morgan fingerprint density at radius 1 is 1.14 bits per heavy atom. The highest BCUT2D eigenvalue weighted by atomic mass is 16.2. The van der Waals surface area contributed by atoms with Gasteiger partial charge < -0.3 is 9.80 Å². The quantitative estimate of drug-likeness (QED) is 0.841. The molecule has 4 nitrogen and oxygen atoms in total. The maximum atomic E-state index is 12.5. The van der Waals surface area contributed by atoms with Gasteiger partial charge in [0.15, 0.2) is 0 Å². The Balaban J connectivity index is 1.66. The van der Waals surface area contributed by atoms with Crippen LogP contribution in [0.2, 0.25) is 0 Å². The van der Waals surface area contributed by atoms with Crippen LogP contribution in [-0.2, 0) is 16.1 Å². The van der Waals surface area contributed by atoms with Crippen LogP contribution >= 0.6 is 0 Å². The first-order valence-electron chi connectivity index (χ1n) is 8.20. The summed E-state index contributed by atoms with van der Waals surface area (Å²) in [5, 5.41) is 0. The summed E-state index contributed by atoms with van der Waals surface area (Å²) in [4.78, 5) is 28.0. The third kappa shape index (κ3) is 3.32. The number of nitrogens with zero attached hydrogens (tertiary/aromatic N) is 2. The lowest BCUT2D eigenvalue weighted by molar-refractivity contribution is -0.132. The van der Waals surface area contributed by atoms with Gasteiger partial charge in [-0.1, -0.05) is 30.3 Å². The molecule has 0 spiro atoms. The summed E-state index contributed by atoms with van der Waals surface area (Å²) in [6.07, 6.45) is 2.62. The van der Waals surface area contributed by atoms with Crippen molar-refractivity contribution in [2.24, 2.45) is 11.8 Å². The smallest absolute Gasteiger partial charge is 0.223 e. The third-order valence-electron chi connectivity index (χ3n) is 5.11. The van der Waals surface area contributed by atoms with Crippen molar-refractivity contribution in [3.63, 3.8) is 0 Å². The molecule has 0 radical (unpaired) electrons. The van der Waals surface area contributed by atoms with Crippen molar-refractivity contribution in [2.75, 3.05) is 19.6 Å². The number of amides is 2. The molecule has 1 aromatic carbocycles. The zero-order chi connectivity index (χ0) is 15.5. The van der Waals surface area contributed by atoms with E-state index in [2.05, 4.69) is 12.1 Å². The fourth-order valence-corrected chi connectivity index (χ4v) is 3.73. The van der Waals surface area contributed by atoms with Crippen LogP contribution in [0, 0.1) is 11.8 Å². The highest BCUT2D eigenvalue weighted by Gasteiger charge is 2.35. The second-order valence-electron chi connectivity index (χ2n) is 6.57. The lowest BCUT2D eigenvalue weighted by atomic mass is 9.82. The number of carbonyl (C=O) groups excluding carboxylic acids is 2. The summed E-state index contributed by atoms with van der Waals surface area (Å²) in [7, 11) is 0. The molecule has 0 N–H and O–H groups in total. The molecule has 4 heteroatoms. The molecule has 2 heterocycles. The van der Waals surface area contributed by atoms with Crippen molar-refractivity contribution in [3.8, 4) is 0 Å². The summed E-state index contributed by atoms with van der Waals surface area (Å²) in [5.41, 5.74) is 1.19. The van der Waals surface area contributed by atoms with Crippen LogP contribution in [0.3, 0.4) is 0 Å². The first-order valence-corrected chi connectivity index (χ1v) is 8.20. The van der Waals surface area contributed by atoms with Crippen molar-refractivity contribution >= 4 is 11.8 Å². The lowest BCUT2D eigenvalue weighted by Crippen LogP contribution is -2.42. The molecule has 2 aliphatic rings. The molecule has 2 atom stereocenters. The summed E-state index contributed by atoms with van der Waals surface area (Å²) in [6, 6.07) is 10.2. The Morgan fingerprint density at radius 2 is 1.86 bits per heavy atom. The van der Waals surface area contributed by atoms with Gasteiger partial charge in [-0.2, -0.15) is 0 Å². The van der Waals surface area contributed by atoms with Gasteiger partial charge in [0.1, 0.15) is 0 Å². The average Bonchev–Trinajstić information content (AvgIpc) is 2.67. The topological polar surface area (TPSA) is 40.6 Å². The van der Waals surface area contributed by atoms with Gasteiger partial charge in [0, 0.05) is 39.5 Å². The van der Waals surface area contributed by atoms with E-state index >= 15 is 0 Å². The van der Waals surface area contributed by atoms with Crippen LogP contribution in [0.25, 0.3) is 0 Å². The second-order valence-corrected chi connectivity index (χ2v) is 6.57. The van der Waals surface area contributed by atoms with Crippen molar-refractivity contribution in [2.45, 2.75) is 32.7 Å². The van der Waals surface area contributed by atoms with E-state index in [-0.39, 0.29) is 11.8 Å². The molecular formula is C18H24N2O2. The van der Waals surface area contributed by atoms with Gasteiger partial charge in [-0.05, 0) is 30.2 Å². The number of likely N-dealkylation sites (tertiary alicyclic amines) is 2. The van der Waals surface area contributed by atoms with Gasteiger partial charge in [0.2, 0.25) is 11.8 Å². The van der Waals surface area contributed by atoms with Crippen LogP contribution in [0.4, 0.5) is 0 Å². The normalized spacial score (nSPS) is 25.6. The highest BCUT2D eigenvalue weighted by molar-refractivity contribution is 5.77. The van der Waals surface area contributed by atoms with E-state index < -0.39 is 0 Å². The Morgan fingerprint density at radius 3 is 2.59 bits per heavy atom.